The van der Waals surface area contributed by atoms with Crippen LogP contribution in [-0.4, -0.2) is 42.2 Å². The first kappa shape index (κ1) is 17.4. The van der Waals surface area contributed by atoms with Gasteiger partial charge in [-0.1, -0.05) is 0 Å². The van der Waals surface area contributed by atoms with Crippen molar-refractivity contribution in [2.45, 2.75) is 19.3 Å². The Kier molecular flexibility index (Phi) is 4.62. The number of nitrogens with zero attached hydrogens (tertiary/aromatic N) is 2. The first-order chi connectivity index (χ1) is 12.5. The van der Waals surface area contributed by atoms with Crippen LogP contribution in [0, 0.1) is 17.0 Å². The summed E-state index contributed by atoms with van der Waals surface area (Å²) in [6.45, 7) is 3.58. The predicted molar refractivity (Wildman–Crippen MR) is 95.2 cm³/mol. The van der Waals surface area contributed by atoms with E-state index in [1.54, 1.807) is 0 Å². The van der Waals surface area contributed by atoms with E-state index in [0.717, 1.165) is 45.0 Å². The number of piperidine rings is 3. The Bertz CT molecular complexity index is 784. The van der Waals surface area contributed by atoms with Crippen molar-refractivity contribution in [1.29, 1.82) is 0 Å². The van der Waals surface area contributed by atoms with E-state index in [4.69, 9.17) is 4.74 Å². The molecule has 1 aromatic heterocycles. The highest BCUT2D eigenvalue weighted by atomic mass is 32.1. The van der Waals surface area contributed by atoms with Crippen molar-refractivity contribution in [3.8, 4) is 10.4 Å². The van der Waals surface area contributed by atoms with Gasteiger partial charge in [0.1, 0.15) is 11.6 Å². The molecule has 2 bridgehead atoms. The zero-order chi connectivity index (χ0) is 18.1. The zero-order valence-electron chi connectivity index (χ0n) is 14.1. The number of benzene rings is 1. The van der Waals surface area contributed by atoms with Crippen molar-refractivity contribution in [3.05, 3.63) is 35.3 Å². The second-order valence-electron chi connectivity index (χ2n) is 6.98. The molecule has 8 heteroatoms. The Labute approximate surface area is 154 Å². The number of hydrogen-bond acceptors (Lipinski definition) is 5. The van der Waals surface area contributed by atoms with Gasteiger partial charge in [-0.25, -0.2) is 18.6 Å². The van der Waals surface area contributed by atoms with Crippen LogP contribution < -0.4 is 5.32 Å². The maximum atomic E-state index is 13.5. The van der Waals surface area contributed by atoms with Crippen LogP contribution in [0.15, 0.2) is 23.7 Å². The van der Waals surface area contributed by atoms with Crippen LogP contribution in [0.3, 0.4) is 0 Å². The summed E-state index contributed by atoms with van der Waals surface area (Å²) in [5.74, 6) is -1.10. The molecule has 0 saturated carbocycles. The number of fused-ring (bicyclic) bond motifs is 3. The minimum Gasteiger partial charge on any atom is -0.449 e. The zero-order valence-corrected chi connectivity index (χ0v) is 15.0. The van der Waals surface area contributed by atoms with Crippen molar-refractivity contribution < 1.29 is 18.3 Å². The lowest BCUT2D eigenvalue weighted by Gasteiger charge is -2.47. The summed E-state index contributed by atoms with van der Waals surface area (Å²) >= 11 is 1.20. The summed E-state index contributed by atoms with van der Waals surface area (Å²) in [5, 5.41) is 2.60. The number of halogens is 2. The number of carbonyl (C=O) groups excluding carboxylic acids is 1. The lowest BCUT2D eigenvalue weighted by atomic mass is 9.73. The molecule has 1 N–H and O–H groups in total. The molecule has 138 valence electrons. The van der Waals surface area contributed by atoms with E-state index in [1.165, 1.54) is 29.0 Å². The minimum atomic E-state index is -0.676. The van der Waals surface area contributed by atoms with Crippen LogP contribution in [0.1, 0.15) is 19.3 Å². The second-order valence-corrected chi connectivity index (χ2v) is 7.84. The van der Waals surface area contributed by atoms with Crippen molar-refractivity contribution in [2.24, 2.45) is 5.41 Å². The van der Waals surface area contributed by atoms with Gasteiger partial charge < -0.3 is 9.64 Å². The molecule has 0 unspecified atom stereocenters. The minimum absolute atomic E-state index is 0.0860. The number of amides is 1. The van der Waals surface area contributed by atoms with Gasteiger partial charge in [0.15, 0.2) is 5.82 Å². The molecule has 0 radical (unpaired) electrons. The monoisotopic (exact) mass is 379 g/mol. The molecule has 3 aliphatic rings. The number of anilines is 1. The molecular weight excluding hydrogens is 360 g/mol. The Morgan fingerprint density at radius 2 is 1.85 bits per heavy atom. The van der Waals surface area contributed by atoms with Gasteiger partial charge in [-0.2, -0.15) is 0 Å². The number of hydrogen-bond donors (Lipinski definition) is 1. The summed E-state index contributed by atoms with van der Waals surface area (Å²) in [6, 6.07) is 3.23. The third-order valence-corrected chi connectivity index (χ3v) is 6.17. The van der Waals surface area contributed by atoms with E-state index in [-0.39, 0.29) is 11.2 Å². The molecule has 0 atom stereocenters. The van der Waals surface area contributed by atoms with E-state index >= 15 is 0 Å². The Morgan fingerprint density at radius 3 is 2.50 bits per heavy atom. The van der Waals surface area contributed by atoms with Crippen LogP contribution in [-0.2, 0) is 4.74 Å². The highest BCUT2D eigenvalue weighted by Gasteiger charge is 2.40. The molecule has 5 nitrogen and oxygen atoms in total. The number of rotatable bonds is 4. The quantitative estimate of drug-likeness (QED) is 0.868. The molecule has 3 fully saturated rings. The van der Waals surface area contributed by atoms with Crippen molar-refractivity contribution >= 4 is 23.2 Å². The maximum Gasteiger partial charge on any atom is 0.412 e. The summed E-state index contributed by atoms with van der Waals surface area (Å²) in [5.41, 5.74) is 1.94. The molecule has 2 aromatic rings. The predicted octanol–water partition coefficient (Wildman–Crippen LogP) is 4.12. The molecule has 0 spiro atoms. The van der Waals surface area contributed by atoms with Gasteiger partial charge >= 0.3 is 6.09 Å². The maximum absolute atomic E-state index is 13.5. The standard InChI is InChI=1S/C18H19F2N3O2S/c19-13-7-12(8-14(20)9-13)15-16(21-11-26-15)22-17(24)25-10-18-1-4-23(5-2-18)6-3-18/h7-9,11H,1-6,10H2,(H,22,24). The van der Waals surface area contributed by atoms with E-state index in [9.17, 15) is 13.6 Å². The fraction of sp³-hybridized carbons (Fsp3) is 0.444. The number of carbonyl (C=O) groups is 1. The van der Waals surface area contributed by atoms with Gasteiger partial charge in [-0.05, 0) is 51.0 Å². The summed E-state index contributed by atoms with van der Waals surface area (Å²) in [7, 11) is 0. The summed E-state index contributed by atoms with van der Waals surface area (Å²) < 4.78 is 32.4. The number of thiazole rings is 1. The van der Waals surface area contributed by atoms with E-state index in [0.29, 0.717) is 17.0 Å². The van der Waals surface area contributed by atoms with E-state index in [1.807, 2.05) is 0 Å². The van der Waals surface area contributed by atoms with E-state index < -0.39 is 17.7 Å². The Balaban J connectivity index is 1.41. The molecule has 5 rings (SSSR count). The Hall–Kier alpha value is -2.06. The van der Waals surface area contributed by atoms with Crippen LogP contribution in [0.4, 0.5) is 19.4 Å². The topological polar surface area (TPSA) is 54.5 Å². The van der Waals surface area contributed by atoms with Gasteiger partial charge in [0, 0.05) is 17.0 Å². The highest BCUT2D eigenvalue weighted by molar-refractivity contribution is 7.13. The lowest BCUT2D eigenvalue weighted by molar-refractivity contribution is -0.0190. The normalized spacial score (nSPS) is 24.5. The van der Waals surface area contributed by atoms with Gasteiger partial charge in [-0.15, -0.1) is 11.3 Å². The molecule has 3 saturated heterocycles. The number of nitrogens with one attached hydrogen (secondary N) is 1. The summed E-state index contributed by atoms with van der Waals surface area (Å²) in [6.07, 6.45) is 2.55. The molecule has 0 aliphatic carbocycles. The third kappa shape index (κ3) is 3.57. The largest absolute Gasteiger partial charge is 0.449 e. The molecular formula is C18H19F2N3O2S. The van der Waals surface area contributed by atoms with Crippen molar-refractivity contribution in [1.82, 2.24) is 9.88 Å². The van der Waals surface area contributed by atoms with Gasteiger partial charge in [0.2, 0.25) is 0 Å². The lowest BCUT2D eigenvalue weighted by Crippen LogP contribution is -2.50. The average Bonchev–Trinajstić information content (AvgIpc) is 3.09. The smallest absolute Gasteiger partial charge is 0.412 e. The van der Waals surface area contributed by atoms with Crippen LogP contribution >= 0.6 is 11.3 Å². The third-order valence-electron chi connectivity index (χ3n) is 5.30. The van der Waals surface area contributed by atoms with Crippen molar-refractivity contribution in [3.63, 3.8) is 0 Å². The van der Waals surface area contributed by atoms with Crippen LogP contribution in [0.25, 0.3) is 10.4 Å². The molecule has 1 aromatic carbocycles. The first-order valence-corrected chi connectivity index (χ1v) is 9.47. The summed E-state index contributed by atoms with van der Waals surface area (Å²) in [4.78, 5) is 19.2. The number of ether oxygens (including phenoxy) is 1. The Morgan fingerprint density at radius 1 is 1.19 bits per heavy atom. The SMILES string of the molecule is O=C(Nc1ncsc1-c1cc(F)cc(F)c1)OCC12CCN(CC1)CC2. The average molecular weight is 379 g/mol. The molecule has 1 amide bonds. The molecule has 4 heterocycles. The number of aromatic nitrogens is 1. The molecule has 26 heavy (non-hydrogen) atoms. The van der Waals surface area contributed by atoms with Gasteiger partial charge in [-0.3, -0.25) is 5.32 Å². The van der Waals surface area contributed by atoms with Crippen LogP contribution in [0.2, 0.25) is 0 Å². The van der Waals surface area contributed by atoms with Crippen molar-refractivity contribution in [2.75, 3.05) is 31.6 Å². The first-order valence-electron chi connectivity index (χ1n) is 8.59. The molecule has 3 aliphatic heterocycles. The highest BCUT2D eigenvalue weighted by Crippen LogP contribution is 2.40. The fourth-order valence-electron chi connectivity index (χ4n) is 3.69. The fourth-order valence-corrected chi connectivity index (χ4v) is 4.42. The van der Waals surface area contributed by atoms with Gasteiger partial charge in [0.25, 0.3) is 0 Å². The van der Waals surface area contributed by atoms with Crippen LogP contribution in [0.5, 0.6) is 0 Å². The second kappa shape index (κ2) is 6.92. The van der Waals surface area contributed by atoms with Gasteiger partial charge in [0.05, 0.1) is 17.0 Å². The van der Waals surface area contributed by atoms with E-state index in [2.05, 4.69) is 15.2 Å².